The topological polar surface area (TPSA) is 0 Å². The van der Waals surface area contributed by atoms with E-state index in [1.165, 1.54) is 21.9 Å². The van der Waals surface area contributed by atoms with E-state index in [0.717, 1.165) is 6.42 Å². The predicted octanol–water partition coefficient (Wildman–Crippen LogP) is 2.89. The van der Waals surface area contributed by atoms with E-state index in [1.807, 2.05) is 18.2 Å². The van der Waals surface area contributed by atoms with Crippen LogP contribution in [0.25, 0.3) is 0 Å². The fourth-order valence-corrected chi connectivity index (χ4v) is 0.650. The molecule has 0 spiro atoms. The zero-order valence-electron chi connectivity index (χ0n) is 6.10. The Hall–Kier alpha value is 0.323. The van der Waals surface area contributed by atoms with Crippen molar-refractivity contribution in [2.24, 2.45) is 0 Å². The van der Waals surface area contributed by atoms with E-state index in [1.54, 1.807) is 0 Å². The summed E-state index contributed by atoms with van der Waals surface area (Å²) in [6, 6.07) is 11.2. The molecule has 2 heteroatoms. The van der Waals surface area contributed by atoms with Crippen LogP contribution in [0.3, 0.4) is 0 Å². The Labute approximate surface area is 79.1 Å². The molecule has 0 atom stereocenters. The molecule has 0 saturated carbocycles. The van der Waals surface area contributed by atoms with Crippen molar-refractivity contribution < 1.29 is 16.3 Å². The number of hydrogen-bond acceptors (Lipinski definition) is 0. The summed E-state index contributed by atoms with van der Waals surface area (Å²) in [5, 5.41) is 0. The van der Waals surface area contributed by atoms with Crippen molar-refractivity contribution in [3.8, 4) is 0 Å². The Kier molecular flexibility index (Phi) is 7.67. The van der Waals surface area contributed by atoms with Crippen LogP contribution >= 0.6 is 13.6 Å². The van der Waals surface area contributed by atoms with Gasteiger partial charge in [-0.25, -0.2) is 0 Å². The molecule has 0 unspecified atom stereocenters. The molecule has 0 fully saturated rings. The Morgan fingerprint density at radius 3 is 2.50 bits per heavy atom. The standard InChI is InChI=1S/C8H9.BrH.Zn/c1-2-8-6-4-3-5-7-8;;/h3-6H,2H2,1H3;1H;/q-1;;+2/p-1. The van der Waals surface area contributed by atoms with Crippen molar-refractivity contribution in [3.63, 3.8) is 0 Å². The Morgan fingerprint density at radius 1 is 1.50 bits per heavy atom. The monoisotopic (exact) mass is 248 g/mol. The SMILES string of the molecule is CCc1[c-]cccc1.[Zn+][Br]. The van der Waals surface area contributed by atoms with E-state index in [2.05, 4.69) is 32.7 Å². The van der Waals surface area contributed by atoms with Crippen LogP contribution in [0.4, 0.5) is 0 Å². The molecule has 0 aliphatic rings. The predicted molar refractivity (Wildman–Crippen MR) is 43.6 cm³/mol. The molecule has 0 bridgehead atoms. The molecule has 1 aromatic carbocycles. The van der Waals surface area contributed by atoms with Gasteiger partial charge in [0.2, 0.25) is 0 Å². The average molecular weight is 250 g/mol. The fraction of sp³-hybridized carbons (Fsp3) is 0.250. The number of hydrogen-bond donors (Lipinski definition) is 0. The third-order valence-corrected chi connectivity index (χ3v) is 1.15. The molecule has 0 amide bonds. The first-order valence-corrected chi connectivity index (χ1v) is 10.1. The van der Waals surface area contributed by atoms with Crippen molar-refractivity contribution in [1.82, 2.24) is 0 Å². The maximum atomic E-state index is 3.12. The van der Waals surface area contributed by atoms with Gasteiger partial charge in [0.1, 0.15) is 0 Å². The molecule has 0 heterocycles. The summed E-state index contributed by atoms with van der Waals surface area (Å²) in [4.78, 5) is 0. The molecule has 0 nitrogen and oxygen atoms in total. The van der Waals surface area contributed by atoms with Gasteiger partial charge in [-0.2, -0.15) is 35.9 Å². The second kappa shape index (κ2) is 7.43. The van der Waals surface area contributed by atoms with Gasteiger partial charge in [0.15, 0.2) is 0 Å². The molecule has 0 saturated heterocycles. The summed E-state index contributed by atoms with van der Waals surface area (Å²) < 4.78 is 0. The van der Waals surface area contributed by atoms with Crippen LogP contribution in [0.5, 0.6) is 0 Å². The molecule has 50 valence electrons. The summed E-state index contributed by atoms with van der Waals surface area (Å²) in [6.07, 6.45) is 1.08. The average Bonchev–Trinajstić information content (AvgIpc) is 2.10. The summed E-state index contributed by atoms with van der Waals surface area (Å²) >= 11 is 4.25. The molecule has 0 aliphatic carbocycles. The van der Waals surface area contributed by atoms with Crippen LogP contribution in [-0.2, 0) is 22.8 Å². The van der Waals surface area contributed by atoms with Crippen molar-refractivity contribution in [1.29, 1.82) is 0 Å². The third kappa shape index (κ3) is 4.19. The van der Waals surface area contributed by atoms with E-state index in [-0.39, 0.29) is 0 Å². The van der Waals surface area contributed by atoms with Crippen LogP contribution in [0.2, 0.25) is 0 Å². The van der Waals surface area contributed by atoms with Crippen molar-refractivity contribution in [2.75, 3.05) is 0 Å². The van der Waals surface area contributed by atoms with Crippen molar-refractivity contribution >= 4 is 13.6 Å². The van der Waals surface area contributed by atoms with E-state index in [0.29, 0.717) is 0 Å². The molecular weight excluding hydrogens is 241 g/mol. The van der Waals surface area contributed by atoms with Crippen LogP contribution in [0.15, 0.2) is 24.3 Å². The van der Waals surface area contributed by atoms with Gasteiger partial charge >= 0.3 is 30.0 Å². The maximum absolute atomic E-state index is 3.12. The van der Waals surface area contributed by atoms with Gasteiger partial charge in [0.25, 0.3) is 0 Å². The number of rotatable bonds is 1. The Balaban J connectivity index is 0.000000371. The van der Waals surface area contributed by atoms with Crippen LogP contribution in [-0.4, -0.2) is 0 Å². The quantitative estimate of drug-likeness (QED) is 0.531. The first-order valence-electron chi connectivity index (χ1n) is 3.16. The van der Waals surface area contributed by atoms with E-state index >= 15 is 0 Å². The zero-order chi connectivity index (χ0) is 7.82. The molecule has 0 aliphatic heterocycles. The number of aryl methyl sites for hydroxylation is 1. The van der Waals surface area contributed by atoms with Gasteiger partial charge < -0.3 is 0 Å². The van der Waals surface area contributed by atoms with Gasteiger partial charge in [-0.05, 0) is 0 Å². The summed E-state index contributed by atoms with van der Waals surface area (Å²) in [6.45, 7) is 2.13. The Bertz CT molecular complexity index is 151. The fourth-order valence-electron chi connectivity index (χ4n) is 0.650. The van der Waals surface area contributed by atoms with Gasteiger partial charge in [-0.15, -0.1) is 0 Å². The first-order chi connectivity index (χ1) is 4.93. The first kappa shape index (κ1) is 10.3. The van der Waals surface area contributed by atoms with Crippen LogP contribution in [0, 0.1) is 6.07 Å². The minimum absolute atomic E-state index is 1.08. The second-order valence-electron chi connectivity index (χ2n) is 1.74. The summed E-state index contributed by atoms with van der Waals surface area (Å²) in [5.41, 5.74) is 1.28. The number of halogens is 1. The molecule has 1 rings (SSSR count). The van der Waals surface area contributed by atoms with Crippen LogP contribution < -0.4 is 0 Å². The molecule has 0 radical (unpaired) electrons. The van der Waals surface area contributed by atoms with E-state index < -0.39 is 0 Å². The van der Waals surface area contributed by atoms with Crippen molar-refractivity contribution in [3.05, 3.63) is 35.9 Å². The normalized spacial score (nSPS) is 8.00. The third-order valence-electron chi connectivity index (χ3n) is 1.15. The molecule has 1 aromatic rings. The molecule has 0 N–H and O–H groups in total. The van der Waals surface area contributed by atoms with E-state index in [9.17, 15) is 0 Å². The van der Waals surface area contributed by atoms with E-state index in [4.69, 9.17) is 0 Å². The summed E-state index contributed by atoms with van der Waals surface area (Å²) in [5.74, 6) is 0. The molecule has 10 heavy (non-hydrogen) atoms. The molecular formula is C8H9BrZn. The zero-order valence-corrected chi connectivity index (χ0v) is 10.7. The van der Waals surface area contributed by atoms with Gasteiger partial charge in [-0.3, -0.25) is 0 Å². The molecule has 0 aromatic heterocycles. The van der Waals surface area contributed by atoms with Crippen molar-refractivity contribution in [2.45, 2.75) is 13.3 Å². The van der Waals surface area contributed by atoms with Gasteiger partial charge in [0.05, 0.1) is 0 Å². The minimum atomic E-state index is 1.08. The second-order valence-corrected chi connectivity index (χ2v) is 1.74. The summed E-state index contributed by atoms with van der Waals surface area (Å²) in [7, 11) is 0. The van der Waals surface area contributed by atoms with Gasteiger partial charge in [0, 0.05) is 0 Å². The Morgan fingerprint density at radius 2 is 2.20 bits per heavy atom. The van der Waals surface area contributed by atoms with Crippen LogP contribution in [0.1, 0.15) is 12.5 Å². The number of benzene rings is 1. The van der Waals surface area contributed by atoms with Gasteiger partial charge in [-0.1, -0.05) is 13.3 Å².